The van der Waals surface area contributed by atoms with E-state index in [1.807, 2.05) is 6.92 Å². The number of esters is 2. The maximum atomic E-state index is 12.1. The van der Waals surface area contributed by atoms with Gasteiger partial charge in [0.1, 0.15) is 30.7 Å². The second-order valence-electron chi connectivity index (χ2n) is 7.23. The van der Waals surface area contributed by atoms with Crippen molar-refractivity contribution in [1.82, 2.24) is 0 Å². The molecule has 7 nitrogen and oxygen atoms in total. The summed E-state index contributed by atoms with van der Waals surface area (Å²) in [6.45, 7) is 10.6. The first-order chi connectivity index (χ1) is 12.2. The SMILES string of the molecule is C=C(C)C(=O)O[C@H]1[C@H]2C(=C)C(=O)O[C@@H]2[C@H]2O[C@]2(C)CC/C=C(/C=O)[C@@H]1O. The van der Waals surface area contributed by atoms with Gasteiger partial charge in [0.05, 0.1) is 11.5 Å². The molecule has 26 heavy (non-hydrogen) atoms. The van der Waals surface area contributed by atoms with E-state index in [9.17, 15) is 19.5 Å². The van der Waals surface area contributed by atoms with Crippen LogP contribution in [-0.2, 0) is 28.6 Å². The van der Waals surface area contributed by atoms with E-state index in [4.69, 9.17) is 14.2 Å². The Morgan fingerprint density at radius 3 is 2.81 bits per heavy atom. The van der Waals surface area contributed by atoms with Crippen molar-refractivity contribution in [2.45, 2.75) is 56.7 Å². The third kappa shape index (κ3) is 3.01. The Morgan fingerprint density at radius 2 is 2.19 bits per heavy atom. The van der Waals surface area contributed by atoms with Gasteiger partial charge in [-0.3, -0.25) is 4.79 Å². The molecule has 0 aromatic carbocycles. The number of hydrogen-bond acceptors (Lipinski definition) is 7. The zero-order chi connectivity index (χ0) is 19.2. The van der Waals surface area contributed by atoms with Gasteiger partial charge in [-0.1, -0.05) is 19.2 Å². The van der Waals surface area contributed by atoms with Crippen molar-refractivity contribution in [3.8, 4) is 0 Å². The summed E-state index contributed by atoms with van der Waals surface area (Å²) in [4.78, 5) is 35.7. The number of aliphatic hydroxyl groups excluding tert-OH is 1. The molecule has 3 rings (SSSR count). The molecule has 3 aliphatic rings. The lowest BCUT2D eigenvalue weighted by Crippen LogP contribution is -2.45. The van der Waals surface area contributed by atoms with Gasteiger partial charge in [-0.05, 0) is 26.7 Å². The normalized spacial score (nSPS) is 41.0. The van der Waals surface area contributed by atoms with Crippen molar-refractivity contribution in [3.63, 3.8) is 0 Å². The van der Waals surface area contributed by atoms with Crippen molar-refractivity contribution in [2.75, 3.05) is 0 Å². The summed E-state index contributed by atoms with van der Waals surface area (Å²) >= 11 is 0. The molecule has 0 spiro atoms. The van der Waals surface area contributed by atoms with E-state index < -0.39 is 41.8 Å². The molecule has 140 valence electrons. The zero-order valence-corrected chi connectivity index (χ0v) is 14.8. The Labute approximate surface area is 151 Å². The van der Waals surface area contributed by atoms with Crippen molar-refractivity contribution in [2.24, 2.45) is 5.92 Å². The lowest BCUT2D eigenvalue weighted by molar-refractivity contribution is -0.155. The molecule has 7 heteroatoms. The minimum absolute atomic E-state index is 0.0808. The van der Waals surface area contributed by atoms with Crippen LogP contribution in [0.1, 0.15) is 26.7 Å². The molecule has 2 saturated heterocycles. The summed E-state index contributed by atoms with van der Waals surface area (Å²) < 4.78 is 16.6. The highest BCUT2D eigenvalue weighted by Gasteiger charge is 2.64. The topological polar surface area (TPSA) is 102 Å². The van der Waals surface area contributed by atoms with Gasteiger partial charge in [0, 0.05) is 16.7 Å². The molecular formula is C19H22O7. The summed E-state index contributed by atoms with van der Waals surface area (Å²) in [5, 5.41) is 10.7. The predicted octanol–water partition coefficient (Wildman–Crippen LogP) is 1.01. The first kappa shape index (κ1) is 18.5. The Kier molecular flexibility index (Phi) is 4.62. The van der Waals surface area contributed by atoms with E-state index in [0.717, 1.165) is 0 Å². The average molecular weight is 362 g/mol. The van der Waals surface area contributed by atoms with Crippen molar-refractivity contribution in [3.05, 3.63) is 36.0 Å². The average Bonchev–Trinajstić information content (AvgIpc) is 3.17. The fraction of sp³-hybridized carbons (Fsp3) is 0.526. The van der Waals surface area contributed by atoms with E-state index in [1.54, 1.807) is 6.08 Å². The molecule has 2 aliphatic heterocycles. The first-order valence-corrected chi connectivity index (χ1v) is 8.47. The van der Waals surface area contributed by atoms with Gasteiger partial charge in [0.2, 0.25) is 0 Å². The van der Waals surface area contributed by atoms with E-state index >= 15 is 0 Å². The number of aliphatic hydroxyl groups is 1. The second kappa shape index (κ2) is 6.48. The summed E-state index contributed by atoms with van der Waals surface area (Å²) in [6, 6.07) is 0. The summed E-state index contributed by atoms with van der Waals surface area (Å²) in [7, 11) is 0. The van der Waals surface area contributed by atoms with E-state index in [0.29, 0.717) is 19.1 Å². The van der Waals surface area contributed by atoms with Crippen LogP contribution in [0.3, 0.4) is 0 Å². The molecule has 0 bridgehead atoms. The molecule has 0 amide bonds. The van der Waals surface area contributed by atoms with Gasteiger partial charge in [-0.15, -0.1) is 0 Å². The van der Waals surface area contributed by atoms with E-state index in [2.05, 4.69) is 13.2 Å². The van der Waals surface area contributed by atoms with Gasteiger partial charge < -0.3 is 19.3 Å². The van der Waals surface area contributed by atoms with Gasteiger partial charge in [0.15, 0.2) is 0 Å². The molecule has 0 aromatic heterocycles. The van der Waals surface area contributed by atoms with Crippen LogP contribution in [0.25, 0.3) is 0 Å². The second-order valence-corrected chi connectivity index (χ2v) is 7.23. The fourth-order valence-electron chi connectivity index (χ4n) is 3.63. The molecule has 2 heterocycles. The highest BCUT2D eigenvalue weighted by molar-refractivity contribution is 5.92. The third-order valence-electron chi connectivity index (χ3n) is 5.26. The van der Waals surface area contributed by atoms with Crippen LogP contribution in [0.2, 0.25) is 0 Å². The smallest absolute Gasteiger partial charge is 0.334 e. The standard InChI is InChI=1S/C19H22O7/c1-9(2)17(22)24-14-12-10(3)18(23)25-15(12)16-19(4,26-16)7-5-6-11(8-20)13(14)21/h6,8,12-16,21H,1,3,5,7H2,2,4H3/b11-6-/t12-,13+,14+,15+,16-,19-/m1/s1. The first-order valence-electron chi connectivity index (χ1n) is 8.47. The van der Waals surface area contributed by atoms with Crippen LogP contribution in [0, 0.1) is 5.92 Å². The fourth-order valence-corrected chi connectivity index (χ4v) is 3.63. The number of ether oxygens (including phenoxy) is 3. The van der Waals surface area contributed by atoms with Gasteiger partial charge in [-0.2, -0.15) is 0 Å². The van der Waals surface area contributed by atoms with E-state index in [1.165, 1.54) is 6.92 Å². The summed E-state index contributed by atoms with van der Waals surface area (Å²) in [5.74, 6) is -2.19. The molecule has 1 N–H and O–H groups in total. The van der Waals surface area contributed by atoms with E-state index in [-0.39, 0.29) is 22.8 Å². The number of hydrogen-bond donors (Lipinski definition) is 1. The van der Waals surface area contributed by atoms with Crippen molar-refractivity contribution < 1.29 is 33.7 Å². The molecule has 6 atom stereocenters. The molecule has 0 saturated carbocycles. The molecule has 0 radical (unpaired) electrons. The van der Waals surface area contributed by atoms with Crippen molar-refractivity contribution in [1.29, 1.82) is 0 Å². The number of carbonyl (C=O) groups is 3. The highest BCUT2D eigenvalue weighted by atomic mass is 16.6. The molecule has 0 aromatic rings. The van der Waals surface area contributed by atoms with Crippen LogP contribution in [0.4, 0.5) is 0 Å². The lowest BCUT2D eigenvalue weighted by Gasteiger charge is -2.31. The summed E-state index contributed by atoms with van der Waals surface area (Å²) in [6.07, 6.45) is -0.551. The minimum atomic E-state index is -1.42. The van der Waals surface area contributed by atoms with Crippen molar-refractivity contribution >= 4 is 18.2 Å². The van der Waals surface area contributed by atoms with Crippen LogP contribution < -0.4 is 0 Å². The summed E-state index contributed by atoms with van der Waals surface area (Å²) in [5.41, 5.74) is -0.218. The monoisotopic (exact) mass is 362 g/mol. The Morgan fingerprint density at radius 1 is 1.50 bits per heavy atom. The largest absolute Gasteiger partial charge is 0.455 e. The number of fused-ring (bicyclic) bond motifs is 3. The lowest BCUT2D eigenvalue weighted by atomic mass is 9.80. The number of rotatable bonds is 3. The Hall–Kier alpha value is -2.25. The highest BCUT2D eigenvalue weighted by Crippen LogP contribution is 2.50. The van der Waals surface area contributed by atoms with Gasteiger partial charge >= 0.3 is 11.9 Å². The van der Waals surface area contributed by atoms with Gasteiger partial charge in [0.25, 0.3) is 0 Å². The maximum absolute atomic E-state index is 12.1. The van der Waals surface area contributed by atoms with Crippen LogP contribution in [0.15, 0.2) is 36.0 Å². The minimum Gasteiger partial charge on any atom is -0.455 e. The number of carbonyl (C=O) groups excluding carboxylic acids is 3. The number of epoxide rings is 1. The predicted molar refractivity (Wildman–Crippen MR) is 89.9 cm³/mol. The molecule has 2 fully saturated rings. The molecule has 0 unspecified atom stereocenters. The third-order valence-corrected chi connectivity index (χ3v) is 5.26. The number of aldehydes is 1. The van der Waals surface area contributed by atoms with Crippen LogP contribution in [-0.4, -0.2) is 53.3 Å². The number of allylic oxidation sites excluding steroid dienone is 1. The zero-order valence-electron chi connectivity index (χ0n) is 14.8. The Balaban J connectivity index is 2.05. The van der Waals surface area contributed by atoms with Crippen LogP contribution >= 0.6 is 0 Å². The molecular weight excluding hydrogens is 340 g/mol. The maximum Gasteiger partial charge on any atom is 0.334 e. The quantitative estimate of drug-likeness (QED) is 0.346. The van der Waals surface area contributed by atoms with Gasteiger partial charge in [-0.25, -0.2) is 9.59 Å². The molecule has 1 aliphatic carbocycles. The Bertz CT molecular complexity index is 721. The van der Waals surface area contributed by atoms with Crippen LogP contribution in [0.5, 0.6) is 0 Å².